The first kappa shape index (κ1) is 13.3. The summed E-state index contributed by atoms with van der Waals surface area (Å²) in [5.41, 5.74) is 4.80. The molecule has 0 radical (unpaired) electrons. The largest absolute Gasteiger partial charge is 0.329 e. The summed E-state index contributed by atoms with van der Waals surface area (Å²) in [6, 6.07) is 2.32. The molecule has 19 heavy (non-hydrogen) atoms. The lowest BCUT2D eigenvalue weighted by atomic mass is 10.0. The SMILES string of the molecule is Cc1ccc(F)c(C(=O)c2cn(CCN)nn2)c1F. The summed E-state index contributed by atoms with van der Waals surface area (Å²) in [5.74, 6) is -2.62. The Kier molecular flexibility index (Phi) is 3.66. The molecule has 0 saturated heterocycles. The van der Waals surface area contributed by atoms with Gasteiger partial charge in [-0.25, -0.2) is 8.78 Å². The van der Waals surface area contributed by atoms with Crippen molar-refractivity contribution in [2.24, 2.45) is 5.73 Å². The number of aromatic nitrogens is 3. The van der Waals surface area contributed by atoms with E-state index in [1.54, 1.807) is 0 Å². The number of hydrogen-bond donors (Lipinski definition) is 1. The van der Waals surface area contributed by atoms with Gasteiger partial charge in [0, 0.05) is 6.54 Å². The second-order valence-electron chi connectivity index (χ2n) is 4.04. The van der Waals surface area contributed by atoms with Gasteiger partial charge >= 0.3 is 0 Å². The molecule has 0 aliphatic heterocycles. The van der Waals surface area contributed by atoms with Crippen molar-refractivity contribution < 1.29 is 13.6 Å². The van der Waals surface area contributed by atoms with Gasteiger partial charge in [-0.15, -0.1) is 5.10 Å². The molecule has 2 aromatic rings. The van der Waals surface area contributed by atoms with Crippen molar-refractivity contribution in [3.63, 3.8) is 0 Å². The van der Waals surface area contributed by atoms with Crippen molar-refractivity contribution in [1.29, 1.82) is 0 Å². The molecule has 7 heteroatoms. The molecule has 1 heterocycles. The van der Waals surface area contributed by atoms with E-state index in [4.69, 9.17) is 5.73 Å². The minimum absolute atomic E-state index is 0.114. The first-order valence-corrected chi connectivity index (χ1v) is 5.64. The Hall–Kier alpha value is -2.15. The van der Waals surface area contributed by atoms with Crippen LogP contribution in [0.4, 0.5) is 8.78 Å². The predicted molar refractivity (Wildman–Crippen MR) is 63.6 cm³/mol. The fourth-order valence-electron chi connectivity index (χ4n) is 1.64. The van der Waals surface area contributed by atoms with Crippen molar-refractivity contribution >= 4 is 5.78 Å². The van der Waals surface area contributed by atoms with E-state index in [2.05, 4.69) is 10.3 Å². The molecule has 2 rings (SSSR count). The molecule has 0 unspecified atom stereocenters. The number of halogens is 2. The molecule has 5 nitrogen and oxygen atoms in total. The van der Waals surface area contributed by atoms with Crippen LogP contribution in [-0.4, -0.2) is 27.3 Å². The van der Waals surface area contributed by atoms with Gasteiger partial charge in [0.15, 0.2) is 5.69 Å². The van der Waals surface area contributed by atoms with E-state index in [-0.39, 0.29) is 11.3 Å². The van der Waals surface area contributed by atoms with Crippen molar-refractivity contribution in [2.75, 3.05) is 6.54 Å². The molecule has 0 spiro atoms. The monoisotopic (exact) mass is 266 g/mol. The molecule has 0 amide bonds. The average molecular weight is 266 g/mol. The highest BCUT2D eigenvalue weighted by atomic mass is 19.1. The van der Waals surface area contributed by atoms with Crippen molar-refractivity contribution in [3.05, 3.63) is 46.8 Å². The first-order valence-electron chi connectivity index (χ1n) is 5.64. The highest BCUT2D eigenvalue weighted by Gasteiger charge is 2.22. The van der Waals surface area contributed by atoms with E-state index in [1.807, 2.05) is 0 Å². The topological polar surface area (TPSA) is 73.8 Å². The van der Waals surface area contributed by atoms with Crippen LogP contribution in [0.15, 0.2) is 18.3 Å². The van der Waals surface area contributed by atoms with Crippen molar-refractivity contribution in [3.8, 4) is 0 Å². The third-order valence-electron chi connectivity index (χ3n) is 2.64. The van der Waals surface area contributed by atoms with Gasteiger partial charge in [-0.2, -0.15) is 0 Å². The zero-order chi connectivity index (χ0) is 14.0. The quantitative estimate of drug-likeness (QED) is 0.839. The number of benzene rings is 1. The molecule has 100 valence electrons. The van der Waals surface area contributed by atoms with E-state index in [9.17, 15) is 13.6 Å². The van der Waals surface area contributed by atoms with Crippen LogP contribution in [0.3, 0.4) is 0 Å². The molecule has 2 N–H and O–H groups in total. The maximum Gasteiger partial charge on any atom is 0.220 e. The van der Waals surface area contributed by atoms with Crippen LogP contribution in [0.5, 0.6) is 0 Å². The van der Waals surface area contributed by atoms with Gasteiger partial charge in [0.25, 0.3) is 0 Å². The van der Waals surface area contributed by atoms with Gasteiger partial charge in [-0.1, -0.05) is 11.3 Å². The Labute approximate surface area is 108 Å². The Morgan fingerprint density at radius 1 is 1.42 bits per heavy atom. The zero-order valence-electron chi connectivity index (χ0n) is 10.2. The summed E-state index contributed by atoms with van der Waals surface area (Å²) in [5, 5.41) is 7.25. The number of rotatable bonds is 4. The molecule has 0 atom stereocenters. The molecule has 0 aliphatic carbocycles. The average Bonchev–Trinajstić information content (AvgIpc) is 2.83. The van der Waals surface area contributed by atoms with Gasteiger partial charge < -0.3 is 5.73 Å². The number of nitrogens with zero attached hydrogens (tertiary/aromatic N) is 3. The third-order valence-corrected chi connectivity index (χ3v) is 2.64. The summed E-state index contributed by atoms with van der Waals surface area (Å²) in [4.78, 5) is 12.0. The molecule has 1 aromatic carbocycles. The van der Waals surface area contributed by atoms with Gasteiger partial charge in [0.1, 0.15) is 11.6 Å². The normalized spacial score (nSPS) is 10.7. The Morgan fingerprint density at radius 3 is 2.84 bits per heavy atom. The fraction of sp³-hybridized carbons (Fsp3) is 0.250. The lowest BCUT2D eigenvalue weighted by Gasteiger charge is -2.04. The minimum Gasteiger partial charge on any atom is -0.329 e. The second kappa shape index (κ2) is 5.23. The fourth-order valence-corrected chi connectivity index (χ4v) is 1.64. The Morgan fingerprint density at radius 2 is 2.16 bits per heavy atom. The van der Waals surface area contributed by atoms with Gasteiger partial charge in [0.05, 0.1) is 18.3 Å². The number of carbonyl (C=O) groups is 1. The number of ketones is 1. The molecule has 0 saturated carbocycles. The van der Waals surface area contributed by atoms with Crippen molar-refractivity contribution in [2.45, 2.75) is 13.5 Å². The summed E-state index contributed by atoms with van der Waals surface area (Å²) in [7, 11) is 0. The second-order valence-corrected chi connectivity index (χ2v) is 4.04. The molecular formula is C12H12F2N4O. The van der Waals surface area contributed by atoms with Crippen LogP contribution >= 0.6 is 0 Å². The molecule has 1 aromatic heterocycles. The number of carbonyl (C=O) groups excluding carboxylic acids is 1. The van der Waals surface area contributed by atoms with Crippen LogP contribution < -0.4 is 5.73 Å². The lowest BCUT2D eigenvalue weighted by Crippen LogP contribution is -2.10. The minimum atomic E-state index is -0.915. The van der Waals surface area contributed by atoms with Crippen molar-refractivity contribution in [1.82, 2.24) is 15.0 Å². The third kappa shape index (κ3) is 2.50. The summed E-state index contributed by atoms with van der Waals surface area (Å²) < 4.78 is 28.7. The molecule has 0 aliphatic rings. The number of hydrogen-bond acceptors (Lipinski definition) is 4. The van der Waals surface area contributed by atoms with Crippen LogP contribution in [0, 0.1) is 18.6 Å². The first-order chi connectivity index (χ1) is 9.04. The maximum atomic E-state index is 13.8. The molecular weight excluding hydrogens is 254 g/mol. The van der Waals surface area contributed by atoms with Crippen LogP contribution in [0.2, 0.25) is 0 Å². The number of aryl methyl sites for hydroxylation is 1. The molecule has 0 fully saturated rings. The Balaban J connectivity index is 2.41. The highest BCUT2D eigenvalue weighted by molar-refractivity contribution is 6.07. The standard InChI is InChI=1S/C12H12F2N4O/c1-7-2-3-8(13)10(11(7)14)12(19)9-6-18(5-4-15)17-16-9/h2-3,6H,4-5,15H2,1H3. The van der Waals surface area contributed by atoms with Gasteiger partial charge in [-0.05, 0) is 18.6 Å². The maximum absolute atomic E-state index is 13.8. The summed E-state index contributed by atoms with van der Waals surface area (Å²) in [6.07, 6.45) is 1.32. The van der Waals surface area contributed by atoms with E-state index in [1.165, 1.54) is 23.9 Å². The van der Waals surface area contributed by atoms with Crippen LogP contribution in [0.25, 0.3) is 0 Å². The van der Waals surface area contributed by atoms with E-state index < -0.39 is 23.0 Å². The van der Waals surface area contributed by atoms with Gasteiger partial charge in [0.2, 0.25) is 5.78 Å². The van der Waals surface area contributed by atoms with E-state index >= 15 is 0 Å². The lowest BCUT2D eigenvalue weighted by molar-refractivity contribution is 0.102. The van der Waals surface area contributed by atoms with Crippen LogP contribution in [0.1, 0.15) is 21.6 Å². The Bertz CT molecular complexity index is 624. The predicted octanol–water partition coefficient (Wildman–Crippen LogP) is 1.05. The summed E-state index contributed by atoms with van der Waals surface area (Å²) in [6.45, 7) is 2.15. The molecule has 0 bridgehead atoms. The van der Waals surface area contributed by atoms with Gasteiger partial charge in [-0.3, -0.25) is 9.48 Å². The van der Waals surface area contributed by atoms with E-state index in [0.29, 0.717) is 13.1 Å². The van der Waals surface area contributed by atoms with E-state index in [0.717, 1.165) is 6.07 Å². The highest BCUT2D eigenvalue weighted by Crippen LogP contribution is 2.19. The smallest absolute Gasteiger partial charge is 0.220 e. The number of nitrogens with two attached hydrogens (primary N) is 1. The van der Waals surface area contributed by atoms with Crippen LogP contribution in [-0.2, 0) is 6.54 Å². The summed E-state index contributed by atoms with van der Waals surface area (Å²) >= 11 is 0. The zero-order valence-corrected chi connectivity index (χ0v) is 10.2.